The van der Waals surface area contributed by atoms with Crippen LogP contribution in [0.25, 0.3) is 0 Å². The lowest BCUT2D eigenvalue weighted by molar-refractivity contribution is 0.713. The molecule has 0 bridgehead atoms. The molecule has 0 aliphatic carbocycles. The molecule has 0 amide bonds. The summed E-state index contributed by atoms with van der Waals surface area (Å²) in [7, 11) is 0. The smallest absolute Gasteiger partial charge is 0.132 e. The molecule has 0 aromatic heterocycles. The molecule has 0 aromatic carbocycles. The lowest BCUT2D eigenvalue weighted by Crippen LogP contribution is -2.23. The molecule has 2 heterocycles. The van der Waals surface area contributed by atoms with Crippen molar-refractivity contribution in [3.05, 3.63) is 61.0 Å². The van der Waals surface area contributed by atoms with Crippen LogP contribution in [0.4, 0.5) is 0 Å². The maximum Gasteiger partial charge on any atom is 0.132 e. The summed E-state index contributed by atoms with van der Waals surface area (Å²) in [5.74, 6) is 0.939. The van der Waals surface area contributed by atoms with Crippen LogP contribution in [-0.2, 0) is 0 Å². The molecule has 0 saturated heterocycles. The van der Waals surface area contributed by atoms with Gasteiger partial charge in [0.05, 0.1) is 6.54 Å². The Labute approximate surface area is 83.9 Å². The molecule has 70 valence electrons. The number of aliphatic imine (C=N–C) groups is 1. The summed E-state index contributed by atoms with van der Waals surface area (Å²) in [5, 5.41) is 0. The second-order valence-electron chi connectivity index (χ2n) is 3.05. The molecule has 0 atom stereocenters. The van der Waals surface area contributed by atoms with Crippen molar-refractivity contribution < 1.29 is 0 Å². The summed E-state index contributed by atoms with van der Waals surface area (Å²) >= 11 is 0. The van der Waals surface area contributed by atoms with Gasteiger partial charge < -0.3 is 4.90 Å². The molecular formula is C12H12N2. The molecule has 0 radical (unpaired) electrons. The first-order chi connectivity index (χ1) is 6.88. The fourth-order valence-electron chi connectivity index (χ4n) is 1.34. The van der Waals surface area contributed by atoms with Crippen LogP contribution in [0.15, 0.2) is 66.0 Å². The van der Waals surface area contributed by atoms with Gasteiger partial charge in [-0.15, -0.1) is 0 Å². The summed E-state index contributed by atoms with van der Waals surface area (Å²) in [6.45, 7) is 4.69. The molecular weight excluding hydrogens is 172 g/mol. The fraction of sp³-hybridized carbons (Fsp3) is 0.0833. The fourth-order valence-corrected chi connectivity index (χ4v) is 1.34. The number of hydrogen-bond donors (Lipinski definition) is 0. The molecule has 2 nitrogen and oxygen atoms in total. The van der Waals surface area contributed by atoms with Gasteiger partial charge in [0.25, 0.3) is 0 Å². The minimum Gasteiger partial charge on any atom is -0.303 e. The van der Waals surface area contributed by atoms with E-state index in [9.17, 15) is 0 Å². The number of hydrogen-bond acceptors (Lipinski definition) is 2. The van der Waals surface area contributed by atoms with Gasteiger partial charge in [0.15, 0.2) is 0 Å². The van der Waals surface area contributed by atoms with E-state index in [4.69, 9.17) is 0 Å². The van der Waals surface area contributed by atoms with Crippen molar-refractivity contribution in [2.45, 2.75) is 0 Å². The maximum atomic E-state index is 4.43. The number of allylic oxidation sites excluding steroid dienone is 5. The SMILES string of the molecule is C=C1/C=C\C=C/CN=C2C=CC=CN12. The third kappa shape index (κ3) is 1.74. The van der Waals surface area contributed by atoms with Crippen LogP contribution < -0.4 is 0 Å². The Balaban J connectivity index is 2.36. The van der Waals surface area contributed by atoms with E-state index in [1.54, 1.807) is 0 Å². The molecule has 0 fully saturated rings. The van der Waals surface area contributed by atoms with Gasteiger partial charge in [0.2, 0.25) is 0 Å². The minimum absolute atomic E-state index is 0.710. The topological polar surface area (TPSA) is 15.6 Å². The van der Waals surface area contributed by atoms with Crippen LogP contribution >= 0.6 is 0 Å². The van der Waals surface area contributed by atoms with Gasteiger partial charge >= 0.3 is 0 Å². The van der Waals surface area contributed by atoms with Crippen LogP contribution in [-0.4, -0.2) is 17.3 Å². The molecule has 0 N–H and O–H groups in total. The number of amidine groups is 1. The Hall–Kier alpha value is -1.83. The zero-order chi connectivity index (χ0) is 9.80. The summed E-state index contributed by atoms with van der Waals surface area (Å²) in [5.41, 5.74) is 0.927. The van der Waals surface area contributed by atoms with Gasteiger partial charge in [-0.1, -0.05) is 30.9 Å². The normalized spacial score (nSPS) is 24.4. The molecule has 2 heteroatoms. The molecule has 0 spiro atoms. The van der Waals surface area contributed by atoms with E-state index in [1.807, 2.05) is 53.6 Å². The minimum atomic E-state index is 0.710. The highest BCUT2D eigenvalue weighted by Gasteiger charge is 2.09. The molecule has 2 aliphatic rings. The van der Waals surface area contributed by atoms with Crippen LogP contribution in [0.1, 0.15) is 0 Å². The van der Waals surface area contributed by atoms with Crippen molar-refractivity contribution in [2.75, 3.05) is 6.54 Å². The quantitative estimate of drug-likeness (QED) is 0.564. The van der Waals surface area contributed by atoms with Crippen molar-refractivity contribution in [2.24, 2.45) is 4.99 Å². The van der Waals surface area contributed by atoms with E-state index in [-0.39, 0.29) is 0 Å². The predicted octanol–water partition coefficient (Wildman–Crippen LogP) is 2.41. The van der Waals surface area contributed by atoms with E-state index in [0.717, 1.165) is 11.5 Å². The van der Waals surface area contributed by atoms with E-state index in [2.05, 4.69) is 11.6 Å². The van der Waals surface area contributed by atoms with Crippen molar-refractivity contribution >= 4 is 5.84 Å². The predicted molar refractivity (Wildman–Crippen MR) is 59.8 cm³/mol. The Morgan fingerprint density at radius 2 is 2.00 bits per heavy atom. The monoisotopic (exact) mass is 184 g/mol. The van der Waals surface area contributed by atoms with Crippen molar-refractivity contribution in [3.8, 4) is 0 Å². The Morgan fingerprint density at radius 3 is 2.93 bits per heavy atom. The van der Waals surface area contributed by atoms with E-state index in [1.165, 1.54) is 0 Å². The zero-order valence-corrected chi connectivity index (χ0v) is 7.93. The van der Waals surface area contributed by atoms with Crippen LogP contribution in [0.5, 0.6) is 0 Å². The molecule has 14 heavy (non-hydrogen) atoms. The average molecular weight is 184 g/mol. The molecule has 0 aromatic rings. The van der Waals surface area contributed by atoms with Crippen molar-refractivity contribution in [1.82, 2.24) is 4.90 Å². The molecule has 0 saturated carbocycles. The van der Waals surface area contributed by atoms with Crippen molar-refractivity contribution in [3.63, 3.8) is 0 Å². The highest BCUT2D eigenvalue weighted by Crippen LogP contribution is 2.12. The van der Waals surface area contributed by atoms with E-state index >= 15 is 0 Å². The molecule has 2 rings (SSSR count). The van der Waals surface area contributed by atoms with Crippen LogP contribution in [0.3, 0.4) is 0 Å². The van der Waals surface area contributed by atoms with Crippen molar-refractivity contribution in [1.29, 1.82) is 0 Å². The van der Waals surface area contributed by atoms with Gasteiger partial charge in [0.1, 0.15) is 5.84 Å². The van der Waals surface area contributed by atoms with Gasteiger partial charge in [-0.05, 0) is 18.2 Å². The lowest BCUT2D eigenvalue weighted by Gasteiger charge is -2.22. The molecule has 0 unspecified atom stereocenters. The largest absolute Gasteiger partial charge is 0.303 e. The van der Waals surface area contributed by atoms with E-state index in [0.29, 0.717) is 6.54 Å². The highest BCUT2D eigenvalue weighted by molar-refractivity contribution is 5.96. The Bertz CT molecular complexity index is 381. The van der Waals surface area contributed by atoms with Gasteiger partial charge in [-0.2, -0.15) is 0 Å². The molecule has 2 aliphatic heterocycles. The standard InChI is InChI=1S/C12H12N2/c1-11-7-3-2-5-9-13-12-8-4-6-10-14(11)12/h2-8,10H,1,9H2/b5-2-,7-3-,13-12?. The average Bonchev–Trinajstić information content (AvgIpc) is 2.30. The number of rotatable bonds is 0. The second-order valence-corrected chi connectivity index (χ2v) is 3.05. The number of nitrogens with zero attached hydrogens (tertiary/aromatic N) is 2. The summed E-state index contributed by atoms with van der Waals surface area (Å²) in [6.07, 6.45) is 15.9. The van der Waals surface area contributed by atoms with E-state index < -0.39 is 0 Å². The Morgan fingerprint density at radius 1 is 1.14 bits per heavy atom. The third-order valence-corrected chi connectivity index (χ3v) is 2.04. The summed E-state index contributed by atoms with van der Waals surface area (Å²) in [6, 6.07) is 0. The first-order valence-electron chi connectivity index (χ1n) is 4.58. The van der Waals surface area contributed by atoms with Gasteiger partial charge in [0, 0.05) is 11.9 Å². The zero-order valence-electron chi connectivity index (χ0n) is 7.93. The van der Waals surface area contributed by atoms with Gasteiger partial charge in [-0.25, -0.2) is 0 Å². The van der Waals surface area contributed by atoms with Gasteiger partial charge in [-0.3, -0.25) is 4.99 Å². The van der Waals surface area contributed by atoms with Crippen LogP contribution in [0, 0.1) is 0 Å². The third-order valence-electron chi connectivity index (χ3n) is 2.04. The summed E-state index contributed by atoms with van der Waals surface area (Å²) in [4.78, 5) is 6.41. The second kappa shape index (κ2) is 3.92. The lowest BCUT2D eigenvalue weighted by atomic mass is 10.3. The first-order valence-corrected chi connectivity index (χ1v) is 4.58. The Kier molecular flexibility index (Phi) is 2.45. The summed E-state index contributed by atoms with van der Waals surface area (Å²) < 4.78 is 0. The van der Waals surface area contributed by atoms with Crippen LogP contribution in [0.2, 0.25) is 0 Å². The first kappa shape index (κ1) is 8.75. The highest BCUT2D eigenvalue weighted by atomic mass is 15.2. The maximum absolute atomic E-state index is 4.43. The number of fused-ring (bicyclic) bond motifs is 1.